The van der Waals surface area contributed by atoms with Crippen molar-refractivity contribution in [3.8, 4) is 0 Å². The monoisotopic (exact) mass is 145 g/mol. The van der Waals surface area contributed by atoms with Crippen molar-refractivity contribution in [3.63, 3.8) is 0 Å². The van der Waals surface area contributed by atoms with Crippen LogP contribution < -0.4 is 5.73 Å². The smallest absolute Gasteiger partial charge is 0.165 e. The lowest BCUT2D eigenvalue weighted by Crippen LogP contribution is -1.93. The van der Waals surface area contributed by atoms with Gasteiger partial charge in [-0.05, 0) is 12.1 Å². The van der Waals surface area contributed by atoms with Crippen molar-refractivity contribution in [1.29, 1.82) is 0 Å². The topological polar surface area (TPSA) is 64.7 Å². The molecule has 0 saturated carbocycles. The Hall–Kier alpha value is -1.71. The summed E-state index contributed by atoms with van der Waals surface area (Å²) >= 11 is 0. The molecule has 0 aromatic carbocycles. The standard InChI is InChI=1S/C7H5N4/c8-6-5-2-1-3-9-7(5)11-4-10-6/h1-2,4H,(H2,8,9,10,11). The Labute approximate surface area is 63.1 Å². The fourth-order valence-corrected chi connectivity index (χ4v) is 0.867. The number of nitrogens with two attached hydrogens (primary N) is 1. The third kappa shape index (κ3) is 0.881. The largest absolute Gasteiger partial charge is 0.383 e. The Kier molecular flexibility index (Phi) is 1.18. The predicted molar refractivity (Wildman–Crippen MR) is 40.6 cm³/mol. The molecule has 0 aliphatic heterocycles. The molecule has 4 nitrogen and oxygen atoms in total. The number of nitrogen functional groups attached to an aromatic ring is 1. The minimum atomic E-state index is 0.455. The normalized spacial score (nSPS) is 10.2. The molecular weight excluding hydrogens is 140 g/mol. The molecule has 2 aromatic rings. The third-order valence-corrected chi connectivity index (χ3v) is 1.39. The second-order valence-electron chi connectivity index (χ2n) is 2.07. The molecule has 0 saturated heterocycles. The summed E-state index contributed by atoms with van der Waals surface area (Å²) in [6.07, 6.45) is 4.05. The van der Waals surface area contributed by atoms with Crippen LogP contribution in [0.25, 0.3) is 11.0 Å². The van der Waals surface area contributed by atoms with E-state index in [1.807, 2.05) is 0 Å². The number of pyridine rings is 1. The van der Waals surface area contributed by atoms with Crippen molar-refractivity contribution >= 4 is 16.9 Å². The van der Waals surface area contributed by atoms with Crippen molar-refractivity contribution < 1.29 is 0 Å². The van der Waals surface area contributed by atoms with Gasteiger partial charge >= 0.3 is 0 Å². The summed E-state index contributed by atoms with van der Waals surface area (Å²) in [6, 6.07) is 3.47. The Bertz CT molecular complexity index is 380. The molecule has 1 radical (unpaired) electrons. The maximum absolute atomic E-state index is 5.55. The maximum Gasteiger partial charge on any atom is 0.165 e. The maximum atomic E-state index is 5.55. The minimum Gasteiger partial charge on any atom is -0.383 e. The lowest BCUT2D eigenvalue weighted by Gasteiger charge is -1.95. The van der Waals surface area contributed by atoms with Gasteiger partial charge in [0.05, 0.1) is 11.6 Å². The van der Waals surface area contributed by atoms with Gasteiger partial charge in [0.1, 0.15) is 12.1 Å². The van der Waals surface area contributed by atoms with Crippen LogP contribution in [0.1, 0.15) is 0 Å². The van der Waals surface area contributed by atoms with Crippen molar-refractivity contribution in [2.75, 3.05) is 5.73 Å². The van der Waals surface area contributed by atoms with Crippen LogP contribution in [-0.4, -0.2) is 15.0 Å². The zero-order valence-corrected chi connectivity index (χ0v) is 5.65. The van der Waals surface area contributed by atoms with Gasteiger partial charge in [-0.3, -0.25) is 0 Å². The molecule has 0 aliphatic carbocycles. The van der Waals surface area contributed by atoms with Gasteiger partial charge in [0.25, 0.3) is 0 Å². The van der Waals surface area contributed by atoms with Crippen molar-refractivity contribution in [3.05, 3.63) is 24.7 Å². The fraction of sp³-hybridized carbons (Fsp3) is 0. The van der Waals surface area contributed by atoms with Gasteiger partial charge in [-0.25, -0.2) is 15.0 Å². The molecule has 2 heterocycles. The molecule has 0 bridgehead atoms. The zero-order valence-electron chi connectivity index (χ0n) is 5.65. The van der Waals surface area contributed by atoms with E-state index in [0.717, 1.165) is 5.39 Å². The van der Waals surface area contributed by atoms with Crippen LogP contribution in [0.15, 0.2) is 18.5 Å². The number of hydrogen-bond donors (Lipinski definition) is 1. The summed E-state index contributed by atoms with van der Waals surface area (Å²) in [7, 11) is 0. The third-order valence-electron chi connectivity index (χ3n) is 1.39. The highest BCUT2D eigenvalue weighted by molar-refractivity contribution is 5.84. The first-order valence-electron chi connectivity index (χ1n) is 3.11. The summed E-state index contributed by atoms with van der Waals surface area (Å²) < 4.78 is 0. The number of aromatic nitrogens is 3. The van der Waals surface area contributed by atoms with Crippen LogP contribution in [0.4, 0.5) is 5.82 Å². The van der Waals surface area contributed by atoms with Gasteiger partial charge in [-0.1, -0.05) is 0 Å². The highest BCUT2D eigenvalue weighted by Crippen LogP contribution is 2.11. The summed E-state index contributed by atoms with van der Waals surface area (Å²) in [5, 5.41) is 0.770. The van der Waals surface area contributed by atoms with E-state index >= 15 is 0 Å². The molecule has 2 rings (SSSR count). The van der Waals surface area contributed by atoms with E-state index in [0.29, 0.717) is 11.5 Å². The Morgan fingerprint density at radius 1 is 1.36 bits per heavy atom. The number of anilines is 1. The van der Waals surface area contributed by atoms with E-state index < -0.39 is 0 Å². The first kappa shape index (κ1) is 6.03. The molecule has 0 amide bonds. The van der Waals surface area contributed by atoms with Gasteiger partial charge in [0, 0.05) is 0 Å². The number of fused-ring (bicyclic) bond motifs is 1. The zero-order chi connectivity index (χ0) is 7.68. The van der Waals surface area contributed by atoms with Gasteiger partial charge in [0.2, 0.25) is 0 Å². The van der Waals surface area contributed by atoms with Crippen LogP contribution >= 0.6 is 0 Å². The lowest BCUT2D eigenvalue weighted by atomic mass is 10.3. The van der Waals surface area contributed by atoms with E-state index in [1.165, 1.54) is 6.33 Å². The van der Waals surface area contributed by atoms with E-state index in [-0.39, 0.29) is 0 Å². The Morgan fingerprint density at radius 2 is 2.27 bits per heavy atom. The van der Waals surface area contributed by atoms with Gasteiger partial charge in [-0.15, -0.1) is 0 Å². The van der Waals surface area contributed by atoms with Crippen LogP contribution in [0.3, 0.4) is 0 Å². The van der Waals surface area contributed by atoms with Gasteiger partial charge in [0.15, 0.2) is 5.65 Å². The van der Waals surface area contributed by atoms with Crippen molar-refractivity contribution in [2.24, 2.45) is 0 Å². The number of nitrogens with zero attached hydrogens (tertiary/aromatic N) is 3. The highest BCUT2D eigenvalue weighted by Gasteiger charge is 1.97. The number of hydrogen-bond acceptors (Lipinski definition) is 4. The van der Waals surface area contributed by atoms with Crippen molar-refractivity contribution in [1.82, 2.24) is 15.0 Å². The molecule has 0 fully saturated rings. The molecule has 2 N–H and O–H groups in total. The molecular formula is C7H5N4. The quantitative estimate of drug-likeness (QED) is 0.583. The molecule has 0 unspecified atom stereocenters. The molecule has 11 heavy (non-hydrogen) atoms. The second-order valence-corrected chi connectivity index (χ2v) is 2.07. The van der Waals surface area contributed by atoms with Gasteiger partial charge in [-0.2, -0.15) is 0 Å². The summed E-state index contributed by atoms with van der Waals surface area (Å²) in [5.74, 6) is 0.455. The Balaban J connectivity index is 2.91. The molecule has 0 atom stereocenters. The summed E-state index contributed by atoms with van der Waals surface area (Å²) in [5.41, 5.74) is 6.13. The first-order valence-corrected chi connectivity index (χ1v) is 3.11. The lowest BCUT2D eigenvalue weighted by molar-refractivity contribution is 1.18. The number of rotatable bonds is 0. The average molecular weight is 145 g/mol. The molecule has 0 aliphatic rings. The second kappa shape index (κ2) is 2.16. The predicted octanol–water partition coefficient (Wildman–Crippen LogP) is 0.407. The first-order chi connectivity index (χ1) is 5.38. The minimum absolute atomic E-state index is 0.455. The summed E-state index contributed by atoms with van der Waals surface area (Å²) in [6.45, 7) is 0. The average Bonchev–Trinajstić information content (AvgIpc) is 2.06. The van der Waals surface area contributed by atoms with E-state index in [2.05, 4.69) is 21.1 Å². The highest BCUT2D eigenvalue weighted by atomic mass is 14.9. The SMILES string of the molecule is Nc1ncnc2n[c]ccc12. The van der Waals surface area contributed by atoms with Crippen LogP contribution in [0.2, 0.25) is 0 Å². The van der Waals surface area contributed by atoms with Crippen molar-refractivity contribution in [2.45, 2.75) is 0 Å². The van der Waals surface area contributed by atoms with E-state index in [1.54, 1.807) is 12.1 Å². The Morgan fingerprint density at radius 3 is 3.09 bits per heavy atom. The fourth-order valence-electron chi connectivity index (χ4n) is 0.867. The molecule has 53 valence electrons. The summed E-state index contributed by atoms with van der Waals surface area (Å²) in [4.78, 5) is 11.6. The van der Waals surface area contributed by atoms with E-state index in [4.69, 9.17) is 5.73 Å². The van der Waals surface area contributed by atoms with Crippen LogP contribution in [0, 0.1) is 6.20 Å². The van der Waals surface area contributed by atoms with Crippen LogP contribution in [0.5, 0.6) is 0 Å². The van der Waals surface area contributed by atoms with Gasteiger partial charge < -0.3 is 5.73 Å². The molecule has 0 spiro atoms. The molecule has 4 heteroatoms. The molecule has 2 aromatic heterocycles. The van der Waals surface area contributed by atoms with Crippen LogP contribution in [-0.2, 0) is 0 Å². The van der Waals surface area contributed by atoms with E-state index in [9.17, 15) is 0 Å².